The second kappa shape index (κ2) is 2.91. The van der Waals surface area contributed by atoms with Crippen molar-refractivity contribution in [1.29, 1.82) is 0 Å². The average molecular weight is 124 g/mol. The third-order valence-electron chi connectivity index (χ3n) is 0.934. The van der Waals surface area contributed by atoms with Crippen LogP contribution in [0.4, 0.5) is 0 Å². The molecule has 0 saturated carbocycles. The Labute approximate surface area is 53.0 Å². The lowest BCUT2D eigenvalue weighted by Crippen LogP contribution is -2.10. The lowest BCUT2D eigenvalue weighted by atomic mass is 10.3. The molecular formula is C6H6NO2. The number of rotatable bonds is 2. The minimum absolute atomic E-state index is 0.704. The molecule has 1 aliphatic rings. The van der Waals surface area contributed by atoms with Gasteiger partial charge in [-0.1, -0.05) is 0 Å². The summed E-state index contributed by atoms with van der Waals surface area (Å²) in [5.41, 5.74) is 0.729. The minimum Gasteiger partial charge on any atom is -0.471 e. The Hall–Kier alpha value is -1.25. The molecule has 47 valence electrons. The molecule has 0 bridgehead atoms. The predicted molar refractivity (Wildman–Crippen MR) is 31.8 cm³/mol. The van der Waals surface area contributed by atoms with Gasteiger partial charge in [0.15, 0.2) is 0 Å². The van der Waals surface area contributed by atoms with Crippen LogP contribution in [0.2, 0.25) is 0 Å². The van der Waals surface area contributed by atoms with E-state index < -0.39 is 0 Å². The van der Waals surface area contributed by atoms with Crippen LogP contribution >= 0.6 is 0 Å². The van der Waals surface area contributed by atoms with Gasteiger partial charge in [-0.2, -0.15) is 0 Å². The Bertz CT molecular complexity index is 156. The van der Waals surface area contributed by atoms with E-state index in [4.69, 9.17) is 4.74 Å². The average Bonchev–Trinajstić information content (AvgIpc) is 1.91. The molecule has 1 N–H and O–H groups in total. The summed E-state index contributed by atoms with van der Waals surface area (Å²) >= 11 is 0. The van der Waals surface area contributed by atoms with E-state index in [1.807, 2.05) is 0 Å². The molecule has 1 heterocycles. The highest BCUT2D eigenvalue weighted by molar-refractivity contribution is 5.51. The summed E-state index contributed by atoms with van der Waals surface area (Å²) in [6.45, 7) is 0. The van der Waals surface area contributed by atoms with Crippen molar-refractivity contribution in [2.24, 2.45) is 0 Å². The summed E-state index contributed by atoms with van der Waals surface area (Å²) < 4.78 is 4.75. The van der Waals surface area contributed by atoms with Gasteiger partial charge in [0.1, 0.15) is 6.26 Å². The summed E-state index contributed by atoms with van der Waals surface area (Å²) in [7, 11) is 0. The van der Waals surface area contributed by atoms with E-state index in [-0.39, 0.29) is 0 Å². The van der Waals surface area contributed by atoms with Crippen LogP contribution in [0.5, 0.6) is 0 Å². The number of hydrogen-bond donors (Lipinski definition) is 1. The molecule has 1 aliphatic heterocycles. The van der Waals surface area contributed by atoms with E-state index >= 15 is 0 Å². The quantitative estimate of drug-likeness (QED) is 0.542. The van der Waals surface area contributed by atoms with Gasteiger partial charge in [-0.05, 0) is 6.08 Å². The van der Waals surface area contributed by atoms with Crippen molar-refractivity contribution < 1.29 is 9.53 Å². The van der Waals surface area contributed by atoms with E-state index in [1.165, 1.54) is 6.26 Å². The maximum atomic E-state index is 9.72. The molecule has 1 radical (unpaired) electrons. The highest BCUT2D eigenvalue weighted by atomic mass is 16.5. The SMILES string of the molecule is O=[C]NC1=COC=CC1. The fraction of sp³-hybridized carbons (Fsp3) is 0.167. The van der Waals surface area contributed by atoms with E-state index in [0.29, 0.717) is 6.42 Å². The fourth-order valence-corrected chi connectivity index (χ4v) is 0.546. The molecule has 1 amide bonds. The molecule has 0 aliphatic carbocycles. The van der Waals surface area contributed by atoms with Crippen LogP contribution in [0.15, 0.2) is 24.3 Å². The van der Waals surface area contributed by atoms with Gasteiger partial charge in [0.25, 0.3) is 0 Å². The number of hydrogen-bond acceptors (Lipinski definition) is 2. The standard InChI is InChI=1S/C6H6NO2/c8-5-7-6-2-1-3-9-4-6/h1,3-4H,2H2,(H,7,8). The molecule has 0 fully saturated rings. The lowest BCUT2D eigenvalue weighted by molar-refractivity contribution is 0.384. The van der Waals surface area contributed by atoms with Gasteiger partial charge >= 0.3 is 6.41 Å². The first-order valence-electron chi connectivity index (χ1n) is 2.56. The van der Waals surface area contributed by atoms with Crippen LogP contribution in [0.25, 0.3) is 0 Å². The largest absolute Gasteiger partial charge is 0.471 e. The third kappa shape index (κ3) is 1.60. The third-order valence-corrected chi connectivity index (χ3v) is 0.934. The summed E-state index contributed by atoms with van der Waals surface area (Å²) in [5, 5.41) is 2.36. The molecule has 0 aromatic heterocycles. The van der Waals surface area contributed by atoms with Crippen LogP contribution in [0.3, 0.4) is 0 Å². The topological polar surface area (TPSA) is 38.3 Å². The maximum Gasteiger partial charge on any atom is 0.313 e. The van der Waals surface area contributed by atoms with Crippen LogP contribution in [0, 0.1) is 0 Å². The van der Waals surface area contributed by atoms with Crippen LogP contribution < -0.4 is 5.32 Å². The molecule has 3 heteroatoms. The van der Waals surface area contributed by atoms with Gasteiger partial charge in [-0.15, -0.1) is 0 Å². The number of amides is 1. The zero-order valence-electron chi connectivity index (χ0n) is 4.76. The Morgan fingerprint density at radius 3 is 3.22 bits per heavy atom. The normalized spacial score (nSPS) is 15.8. The van der Waals surface area contributed by atoms with E-state index in [2.05, 4.69) is 5.32 Å². The second-order valence-corrected chi connectivity index (χ2v) is 1.58. The van der Waals surface area contributed by atoms with Gasteiger partial charge in [0, 0.05) is 6.42 Å². The first-order valence-corrected chi connectivity index (χ1v) is 2.56. The number of nitrogens with one attached hydrogen (secondary N) is 1. The first-order chi connectivity index (χ1) is 4.43. The number of allylic oxidation sites excluding steroid dienone is 1. The molecule has 0 spiro atoms. The van der Waals surface area contributed by atoms with Gasteiger partial charge < -0.3 is 10.1 Å². The van der Waals surface area contributed by atoms with Crippen LogP contribution in [-0.2, 0) is 9.53 Å². The monoisotopic (exact) mass is 124 g/mol. The predicted octanol–water partition coefficient (Wildman–Crippen LogP) is 0.419. The smallest absolute Gasteiger partial charge is 0.313 e. The molecule has 0 unspecified atom stereocenters. The molecule has 0 saturated heterocycles. The summed E-state index contributed by atoms with van der Waals surface area (Å²) in [4.78, 5) is 9.72. The van der Waals surface area contributed by atoms with Crippen molar-refractivity contribution in [3.63, 3.8) is 0 Å². The van der Waals surface area contributed by atoms with Crippen LogP contribution in [-0.4, -0.2) is 6.41 Å². The Morgan fingerprint density at radius 1 is 1.78 bits per heavy atom. The highest BCUT2D eigenvalue weighted by Crippen LogP contribution is 2.03. The van der Waals surface area contributed by atoms with Crippen molar-refractivity contribution >= 4 is 6.41 Å². The van der Waals surface area contributed by atoms with Crippen molar-refractivity contribution in [3.8, 4) is 0 Å². The summed E-state index contributed by atoms with van der Waals surface area (Å²) in [6, 6.07) is 0. The van der Waals surface area contributed by atoms with E-state index in [1.54, 1.807) is 18.7 Å². The van der Waals surface area contributed by atoms with Crippen LogP contribution in [0.1, 0.15) is 6.42 Å². The maximum absolute atomic E-state index is 9.72. The fourth-order valence-electron chi connectivity index (χ4n) is 0.546. The number of carbonyl (C=O) groups excluding carboxylic acids is 1. The van der Waals surface area contributed by atoms with Gasteiger partial charge in [0.05, 0.1) is 12.0 Å². The molecule has 0 atom stereocenters. The molecule has 0 aromatic rings. The van der Waals surface area contributed by atoms with E-state index in [9.17, 15) is 4.79 Å². The Kier molecular flexibility index (Phi) is 1.90. The zero-order valence-corrected chi connectivity index (χ0v) is 4.76. The van der Waals surface area contributed by atoms with Gasteiger partial charge in [-0.3, -0.25) is 4.79 Å². The van der Waals surface area contributed by atoms with E-state index in [0.717, 1.165) is 5.70 Å². The summed E-state index contributed by atoms with van der Waals surface area (Å²) in [6.07, 6.45) is 7.11. The molecule has 9 heavy (non-hydrogen) atoms. The lowest BCUT2D eigenvalue weighted by Gasteiger charge is -2.04. The molecular weight excluding hydrogens is 118 g/mol. The van der Waals surface area contributed by atoms with Crippen molar-refractivity contribution in [1.82, 2.24) is 5.32 Å². The molecule has 3 nitrogen and oxygen atoms in total. The van der Waals surface area contributed by atoms with Gasteiger partial charge in [-0.25, -0.2) is 0 Å². The highest BCUT2D eigenvalue weighted by Gasteiger charge is 1.95. The Morgan fingerprint density at radius 2 is 2.67 bits per heavy atom. The molecule has 0 aromatic carbocycles. The van der Waals surface area contributed by atoms with Crippen molar-refractivity contribution in [2.45, 2.75) is 6.42 Å². The summed E-state index contributed by atoms with van der Waals surface area (Å²) in [5.74, 6) is 0. The second-order valence-electron chi connectivity index (χ2n) is 1.58. The first kappa shape index (κ1) is 5.88. The minimum atomic E-state index is 0.704. The molecule has 1 rings (SSSR count). The number of ether oxygens (including phenoxy) is 1. The zero-order chi connectivity index (χ0) is 6.53. The Balaban J connectivity index is 2.40. The van der Waals surface area contributed by atoms with Crippen molar-refractivity contribution in [3.05, 3.63) is 24.3 Å². The van der Waals surface area contributed by atoms with Gasteiger partial charge in [0.2, 0.25) is 0 Å². The van der Waals surface area contributed by atoms with Crippen molar-refractivity contribution in [2.75, 3.05) is 0 Å².